The summed E-state index contributed by atoms with van der Waals surface area (Å²) in [4.78, 5) is 23.2. The van der Waals surface area contributed by atoms with Crippen LogP contribution in [0.2, 0.25) is 0 Å². The monoisotopic (exact) mass is 308 g/mol. The number of carbonyl (C=O) groups excluding carboxylic acids is 1. The third-order valence-electron chi connectivity index (χ3n) is 2.58. The third kappa shape index (κ3) is 6.49. The molecule has 2 aromatic rings. The molecule has 1 heterocycles. The Bertz CT molecular complexity index is 612. The van der Waals surface area contributed by atoms with Gasteiger partial charge in [-0.25, -0.2) is 0 Å². The number of aromatic amines is 1. The van der Waals surface area contributed by atoms with E-state index in [0.29, 0.717) is 17.4 Å². The number of hydrogen-bond acceptors (Lipinski definition) is 4. The first-order valence-corrected chi connectivity index (χ1v) is 7.04. The van der Waals surface area contributed by atoms with Gasteiger partial charge in [-0.3, -0.25) is 14.9 Å². The van der Waals surface area contributed by atoms with Crippen LogP contribution in [0.5, 0.6) is 0 Å². The number of carbonyl (C=O) groups is 1. The van der Waals surface area contributed by atoms with Gasteiger partial charge in [0.25, 0.3) is 5.69 Å². The van der Waals surface area contributed by atoms with Crippen LogP contribution in [-0.4, -0.2) is 28.9 Å². The smallest absolute Gasteiger partial charge is 0.270 e. The number of rotatable bonds is 2. The van der Waals surface area contributed by atoms with Crippen LogP contribution >= 0.6 is 0 Å². The highest BCUT2D eigenvalue weighted by atomic mass is 16.6. The first kappa shape index (κ1) is 19.8. The first-order chi connectivity index (χ1) is 10.3. The number of hydrogen-bond donors (Lipinski definition) is 1. The van der Waals surface area contributed by atoms with Gasteiger partial charge in [-0.2, -0.15) is 0 Å². The van der Waals surface area contributed by atoms with Crippen molar-refractivity contribution in [2.75, 3.05) is 7.11 Å². The van der Waals surface area contributed by atoms with Crippen molar-refractivity contribution in [3.05, 3.63) is 40.1 Å². The molecule has 0 fully saturated rings. The van der Waals surface area contributed by atoms with E-state index in [1.807, 2.05) is 34.6 Å². The molecule has 6 nitrogen and oxygen atoms in total. The van der Waals surface area contributed by atoms with E-state index in [1.54, 1.807) is 19.2 Å². The molecule has 0 amide bonds. The zero-order valence-electron chi connectivity index (χ0n) is 14.0. The van der Waals surface area contributed by atoms with Crippen molar-refractivity contribution < 1.29 is 14.5 Å². The summed E-state index contributed by atoms with van der Waals surface area (Å²) in [5.74, 6) is 0. The molecule has 1 N–H and O–H groups in total. The quantitative estimate of drug-likeness (QED) is 0.508. The molecule has 0 saturated carbocycles. The molecule has 0 spiro atoms. The highest BCUT2D eigenvalue weighted by Crippen LogP contribution is 2.20. The average molecular weight is 308 g/mol. The summed E-state index contributed by atoms with van der Waals surface area (Å²) in [6.07, 6.45) is 0.672. The fraction of sp³-hybridized carbons (Fsp3) is 0.438. The van der Waals surface area contributed by atoms with E-state index in [-0.39, 0.29) is 11.3 Å². The molecular formula is C16H24N2O4. The number of nitrogens with one attached hydrogen (secondary N) is 1. The Hall–Kier alpha value is -2.21. The maximum atomic E-state index is 10.4. The molecule has 22 heavy (non-hydrogen) atoms. The molecule has 0 saturated heterocycles. The summed E-state index contributed by atoms with van der Waals surface area (Å²) < 4.78 is 4.94. The van der Waals surface area contributed by atoms with Gasteiger partial charge in [-0.15, -0.1) is 0 Å². The number of ether oxygens (including phenoxy) is 1. The van der Waals surface area contributed by atoms with Crippen molar-refractivity contribution in [3.63, 3.8) is 0 Å². The van der Waals surface area contributed by atoms with E-state index in [4.69, 9.17) is 4.74 Å². The minimum Gasteiger partial charge on any atom is -0.379 e. The molecule has 122 valence electrons. The van der Waals surface area contributed by atoms with Crippen molar-refractivity contribution >= 4 is 22.9 Å². The van der Waals surface area contributed by atoms with E-state index in [1.165, 1.54) is 12.1 Å². The van der Waals surface area contributed by atoms with Crippen molar-refractivity contribution in [2.45, 2.75) is 40.2 Å². The van der Waals surface area contributed by atoms with Crippen LogP contribution < -0.4 is 0 Å². The van der Waals surface area contributed by atoms with Gasteiger partial charge in [0.15, 0.2) is 6.29 Å². The maximum absolute atomic E-state index is 10.4. The summed E-state index contributed by atoms with van der Waals surface area (Å²) in [6.45, 7) is 10.1. The molecule has 0 aliphatic carbocycles. The zero-order chi connectivity index (χ0) is 17.3. The lowest BCUT2D eigenvalue weighted by Crippen LogP contribution is -2.15. The highest BCUT2D eigenvalue weighted by Gasteiger charge is 2.07. The lowest BCUT2D eigenvalue weighted by molar-refractivity contribution is -0.384. The molecule has 1 aromatic carbocycles. The second kappa shape index (κ2) is 8.94. The number of methoxy groups -OCH3 is 1. The Kier molecular flexibility index (Phi) is 8.04. The standard InChI is InChI=1S/C9H6N2O3.C5H12O.C2H6/c12-5-7-3-6-4-8(11(13)14)1-2-9(6)10-7;1-5(2,3)6-4;1-2/h1-5,10H;1-4H3;1-2H3. The summed E-state index contributed by atoms with van der Waals surface area (Å²) in [5, 5.41) is 11.1. The van der Waals surface area contributed by atoms with Gasteiger partial charge < -0.3 is 9.72 Å². The largest absolute Gasteiger partial charge is 0.379 e. The predicted molar refractivity (Wildman–Crippen MR) is 88.5 cm³/mol. The number of nitro benzene ring substituents is 1. The number of aromatic nitrogens is 1. The van der Waals surface area contributed by atoms with Gasteiger partial charge >= 0.3 is 0 Å². The van der Waals surface area contributed by atoms with Gasteiger partial charge in [0.2, 0.25) is 0 Å². The Morgan fingerprint density at radius 1 is 1.23 bits per heavy atom. The van der Waals surface area contributed by atoms with Crippen LogP contribution in [0, 0.1) is 10.1 Å². The van der Waals surface area contributed by atoms with E-state index in [0.717, 1.165) is 5.52 Å². The van der Waals surface area contributed by atoms with Crippen LogP contribution in [0.15, 0.2) is 24.3 Å². The number of nitrogens with zero attached hydrogens (tertiary/aromatic N) is 1. The van der Waals surface area contributed by atoms with Crippen LogP contribution in [0.1, 0.15) is 45.1 Å². The molecule has 0 unspecified atom stereocenters. The highest BCUT2D eigenvalue weighted by molar-refractivity contribution is 5.89. The summed E-state index contributed by atoms with van der Waals surface area (Å²) in [6, 6.07) is 5.99. The van der Waals surface area contributed by atoms with Gasteiger partial charge in [0.05, 0.1) is 16.2 Å². The van der Waals surface area contributed by atoms with Gasteiger partial charge in [0.1, 0.15) is 0 Å². The molecule has 0 atom stereocenters. The molecule has 1 aromatic heterocycles. The van der Waals surface area contributed by atoms with Gasteiger partial charge in [-0.1, -0.05) is 13.8 Å². The maximum Gasteiger partial charge on any atom is 0.270 e. The number of aldehydes is 1. The molecule has 2 rings (SSSR count). The van der Waals surface area contributed by atoms with Crippen LogP contribution in [0.4, 0.5) is 5.69 Å². The minimum absolute atomic E-state index is 0.0222. The van der Waals surface area contributed by atoms with E-state index in [2.05, 4.69) is 4.98 Å². The van der Waals surface area contributed by atoms with E-state index >= 15 is 0 Å². The minimum atomic E-state index is -0.465. The Morgan fingerprint density at radius 3 is 2.18 bits per heavy atom. The zero-order valence-corrected chi connectivity index (χ0v) is 14.0. The van der Waals surface area contributed by atoms with Crippen LogP contribution in [0.25, 0.3) is 10.9 Å². The Labute approximate surface area is 130 Å². The number of benzene rings is 1. The SMILES string of the molecule is CC.COC(C)(C)C.O=Cc1cc2cc([N+](=O)[O-])ccc2[nH]1. The topological polar surface area (TPSA) is 85.2 Å². The molecule has 0 bridgehead atoms. The fourth-order valence-corrected chi connectivity index (χ4v) is 1.32. The molecular weight excluding hydrogens is 284 g/mol. The molecule has 0 aliphatic heterocycles. The number of fused-ring (bicyclic) bond motifs is 1. The van der Waals surface area contributed by atoms with E-state index in [9.17, 15) is 14.9 Å². The van der Waals surface area contributed by atoms with Crippen molar-refractivity contribution in [1.29, 1.82) is 0 Å². The summed E-state index contributed by atoms with van der Waals surface area (Å²) >= 11 is 0. The predicted octanol–water partition coefficient (Wildman–Crippen LogP) is 4.35. The van der Waals surface area contributed by atoms with E-state index < -0.39 is 4.92 Å². The Morgan fingerprint density at radius 2 is 1.77 bits per heavy atom. The van der Waals surface area contributed by atoms with Crippen molar-refractivity contribution in [1.82, 2.24) is 4.98 Å². The summed E-state index contributed by atoms with van der Waals surface area (Å²) in [5.41, 5.74) is 1.20. The van der Waals surface area contributed by atoms with Crippen molar-refractivity contribution in [2.24, 2.45) is 0 Å². The molecule has 0 radical (unpaired) electrons. The third-order valence-corrected chi connectivity index (χ3v) is 2.58. The fourth-order valence-electron chi connectivity index (χ4n) is 1.32. The second-order valence-electron chi connectivity index (χ2n) is 5.19. The molecule has 6 heteroatoms. The number of non-ortho nitro benzene ring substituents is 1. The summed E-state index contributed by atoms with van der Waals surface area (Å²) in [7, 11) is 1.71. The van der Waals surface area contributed by atoms with Gasteiger partial charge in [-0.05, 0) is 32.9 Å². The lowest BCUT2D eigenvalue weighted by atomic mass is 10.2. The van der Waals surface area contributed by atoms with Gasteiger partial charge in [0, 0.05) is 30.1 Å². The van der Waals surface area contributed by atoms with Crippen molar-refractivity contribution in [3.8, 4) is 0 Å². The normalized spacial score (nSPS) is 10.1. The molecule has 0 aliphatic rings. The first-order valence-electron chi connectivity index (χ1n) is 7.04. The Balaban J connectivity index is 0.000000470. The van der Waals surface area contributed by atoms with Crippen LogP contribution in [-0.2, 0) is 4.74 Å². The second-order valence-corrected chi connectivity index (χ2v) is 5.19. The number of H-pyrrole nitrogens is 1. The number of nitro groups is 1. The lowest BCUT2D eigenvalue weighted by Gasteiger charge is -2.14. The average Bonchev–Trinajstić information content (AvgIpc) is 2.91. The van der Waals surface area contributed by atoms with Crippen LogP contribution in [0.3, 0.4) is 0 Å².